The summed E-state index contributed by atoms with van der Waals surface area (Å²) in [5.74, 6) is 0.216. The van der Waals surface area contributed by atoms with Crippen molar-refractivity contribution in [2.24, 2.45) is 0 Å². The molecule has 0 radical (unpaired) electrons. The Morgan fingerprint density at radius 1 is 1.00 bits per heavy atom. The summed E-state index contributed by atoms with van der Waals surface area (Å²) in [6.07, 6.45) is -0.699. The largest absolute Gasteiger partial charge is 0.611 e. The van der Waals surface area contributed by atoms with Gasteiger partial charge in [-0.05, 0) is 47.6 Å². The first kappa shape index (κ1) is 18.6. The molecule has 0 saturated carbocycles. The average Bonchev–Trinajstić information content (AvgIpc) is 2.94. The smallest absolute Gasteiger partial charge is 0.152 e. The SMILES string of the molecule is Bc1ccc2c(c1)c1cc(Br)ccc1n2CC(O)C[S+]([O-])c1ccccc1. The lowest BCUT2D eigenvalue weighted by Gasteiger charge is -2.17. The fraction of sp³-hybridized carbons (Fsp3) is 0.143. The third kappa shape index (κ3) is 3.80. The topological polar surface area (TPSA) is 48.2 Å². The van der Waals surface area contributed by atoms with Crippen molar-refractivity contribution < 1.29 is 9.66 Å². The number of aliphatic hydroxyl groups is 1. The molecule has 0 fully saturated rings. The highest BCUT2D eigenvalue weighted by molar-refractivity contribution is 9.10. The maximum absolute atomic E-state index is 12.5. The van der Waals surface area contributed by atoms with Gasteiger partial charge in [0.05, 0.1) is 6.54 Å². The molecule has 4 aromatic rings. The maximum Gasteiger partial charge on any atom is 0.152 e. The van der Waals surface area contributed by atoms with Gasteiger partial charge in [0.25, 0.3) is 0 Å². The van der Waals surface area contributed by atoms with Crippen molar-refractivity contribution in [1.82, 2.24) is 4.57 Å². The third-order valence-electron chi connectivity index (χ3n) is 4.73. The quantitative estimate of drug-likeness (QED) is 0.384. The fourth-order valence-electron chi connectivity index (χ4n) is 3.49. The summed E-state index contributed by atoms with van der Waals surface area (Å²) in [5.41, 5.74) is 3.36. The Kier molecular flexibility index (Phi) is 5.33. The zero-order valence-electron chi connectivity index (χ0n) is 14.9. The molecule has 6 heteroatoms. The van der Waals surface area contributed by atoms with E-state index in [1.165, 1.54) is 10.8 Å². The van der Waals surface area contributed by atoms with Crippen LogP contribution in [0.2, 0.25) is 0 Å². The molecule has 1 N–H and O–H groups in total. The van der Waals surface area contributed by atoms with Crippen molar-refractivity contribution in [3.05, 3.63) is 71.2 Å². The van der Waals surface area contributed by atoms with Gasteiger partial charge in [-0.25, -0.2) is 0 Å². The lowest BCUT2D eigenvalue weighted by Crippen LogP contribution is -2.25. The second kappa shape index (κ2) is 7.72. The zero-order valence-corrected chi connectivity index (χ0v) is 17.3. The Hall–Kier alpha value is -1.73. The molecule has 0 bridgehead atoms. The second-order valence-corrected chi connectivity index (χ2v) is 9.18. The predicted molar refractivity (Wildman–Crippen MR) is 119 cm³/mol. The predicted octanol–water partition coefficient (Wildman–Crippen LogP) is 2.98. The number of nitrogens with zero attached hydrogens (tertiary/aromatic N) is 1. The molecule has 3 aromatic carbocycles. The highest BCUT2D eigenvalue weighted by Crippen LogP contribution is 2.31. The van der Waals surface area contributed by atoms with Crippen LogP contribution in [0.4, 0.5) is 0 Å². The summed E-state index contributed by atoms with van der Waals surface area (Å²) in [7, 11) is 2.08. The zero-order chi connectivity index (χ0) is 19.0. The monoisotopic (exact) mass is 439 g/mol. The summed E-state index contributed by atoms with van der Waals surface area (Å²) in [4.78, 5) is 0.748. The van der Waals surface area contributed by atoms with E-state index in [0.29, 0.717) is 6.54 Å². The molecule has 0 spiro atoms. The summed E-state index contributed by atoms with van der Waals surface area (Å²) in [6, 6.07) is 21.9. The van der Waals surface area contributed by atoms with Crippen LogP contribution in [-0.2, 0) is 17.7 Å². The molecule has 1 heterocycles. The number of aromatic nitrogens is 1. The Bertz CT molecular complexity index is 1040. The highest BCUT2D eigenvalue weighted by Gasteiger charge is 2.20. The Balaban J connectivity index is 1.68. The number of benzene rings is 3. The first-order chi connectivity index (χ1) is 13.0. The van der Waals surface area contributed by atoms with Gasteiger partial charge in [0.1, 0.15) is 19.7 Å². The molecular weight excluding hydrogens is 421 g/mol. The van der Waals surface area contributed by atoms with Crippen LogP contribution in [0.15, 0.2) is 76.1 Å². The van der Waals surface area contributed by atoms with Crippen LogP contribution in [-0.4, -0.2) is 33.9 Å². The van der Waals surface area contributed by atoms with E-state index in [1.54, 1.807) is 0 Å². The van der Waals surface area contributed by atoms with E-state index in [2.05, 4.69) is 58.7 Å². The van der Waals surface area contributed by atoms with Crippen LogP contribution in [0.3, 0.4) is 0 Å². The van der Waals surface area contributed by atoms with Crippen LogP contribution in [0.25, 0.3) is 21.8 Å². The highest BCUT2D eigenvalue weighted by atomic mass is 79.9. The van der Waals surface area contributed by atoms with E-state index in [1.807, 2.05) is 36.4 Å². The summed E-state index contributed by atoms with van der Waals surface area (Å²) >= 11 is 2.34. The van der Waals surface area contributed by atoms with Crippen LogP contribution in [0, 0.1) is 0 Å². The molecule has 2 atom stereocenters. The van der Waals surface area contributed by atoms with E-state index in [-0.39, 0.29) is 5.75 Å². The summed E-state index contributed by atoms with van der Waals surface area (Å²) in [6.45, 7) is 0.406. The lowest BCUT2D eigenvalue weighted by atomic mass is 9.94. The minimum atomic E-state index is -1.22. The van der Waals surface area contributed by atoms with Crippen molar-refractivity contribution in [3.8, 4) is 0 Å². The Morgan fingerprint density at radius 2 is 1.67 bits per heavy atom. The van der Waals surface area contributed by atoms with Gasteiger partial charge in [-0.3, -0.25) is 0 Å². The molecule has 4 rings (SSSR count). The molecule has 0 aliphatic carbocycles. The minimum absolute atomic E-state index is 0.216. The molecule has 0 amide bonds. The summed E-state index contributed by atoms with van der Waals surface area (Å²) < 4.78 is 15.7. The number of fused-ring (bicyclic) bond motifs is 3. The standard InChI is InChI=1S/C21H19BBrNO2S/c22-14-6-8-20-18(10-14)19-11-15(23)7-9-21(19)24(20)12-16(25)13-27(26)17-4-2-1-3-5-17/h1-11,16,25H,12-13,22H2. The molecule has 136 valence electrons. The number of hydrogen-bond donors (Lipinski definition) is 1. The molecular formula is C21H19BBrNO2S. The molecule has 27 heavy (non-hydrogen) atoms. The van der Waals surface area contributed by atoms with Gasteiger partial charge in [0, 0.05) is 26.3 Å². The molecule has 0 saturated heterocycles. The van der Waals surface area contributed by atoms with Gasteiger partial charge in [-0.15, -0.1) is 0 Å². The molecule has 0 aliphatic rings. The number of hydrogen-bond acceptors (Lipinski definition) is 2. The normalized spacial score (nSPS) is 13.9. The number of aliphatic hydroxyl groups excluding tert-OH is 1. The Morgan fingerprint density at radius 3 is 2.41 bits per heavy atom. The number of halogens is 1. The van der Waals surface area contributed by atoms with Gasteiger partial charge < -0.3 is 14.2 Å². The van der Waals surface area contributed by atoms with Gasteiger partial charge in [0.2, 0.25) is 0 Å². The van der Waals surface area contributed by atoms with Crippen molar-refractivity contribution in [2.45, 2.75) is 17.5 Å². The van der Waals surface area contributed by atoms with Gasteiger partial charge in [-0.2, -0.15) is 0 Å². The fourth-order valence-corrected chi connectivity index (χ4v) is 4.96. The molecule has 2 unspecified atom stereocenters. The lowest BCUT2D eigenvalue weighted by molar-refractivity contribution is 0.179. The first-order valence-corrected chi connectivity index (χ1v) is 10.9. The Labute approximate surface area is 170 Å². The van der Waals surface area contributed by atoms with E-state index >= 15 is 0 Å². The van der Waals surface area contributed by atoms with Gasteiger partial charge in [0.15, 0.2) is 4.90 Å². The van der Waals surface area contributed by atoms with Crippen LogP contribution < -0.4 is 5.46 Å². The van der Waals surface area contributed by atoms with E-state index in [0.717, 1.165) is 25.8 Å². The molecule has 3 nitrogen and oxygen atoms in total. The molecule has 0 aliphatic heterocycles. The summed E-state index contributed by atoms with van der Waals surface area (Å²) in [5, 5.41) is 13.0. The number of rotatable bonds is 5. The maximum atomic E-state index is 12.5. The first-order valence-electron chi connectivity index (χ1n) is 8.82. The second-order valence-electron chi connectivity index (χ2n) is 6.77. The van der Waals surface area contributed by atoms with E-state index in [4.69, 9.17) is 0 Å². The van der Waals surface area contributed by atoms with Gasteiger partial charge in [-0.1, -0.05) is 51.7 Å². The average molecular weight is 440 g/mol. The van der Waals surface area contributed by atoms with Crippen LogP contribution in [0.1, 0.15) is 0 Å². The van der Waals surface area contributed by atoms with Crippen molar-refractivity contribution in [2.75, 3.05) is 5.75 Å². The third-order valence-corrected chi connectivity index (χ3v) is 6.70. The van der Waals surface area contributed by atoms with Crippen molar-refractivity contribution >= 4 is 62.2 Å². The van der Waals surface area contributed by atoms with Crippen molar-refractivity contribution in [1.29, 1.82) is 0 Å². The van der Waals surface area contributed by atoms with Crippen LogP contribution in [0.5, 0.6) is 0 Å². The van der Waals surface area contributed by atoms with Crippen molar-refractivity contribution in [3.63, 3.8) is 0 Å². The van der Waals surface area contributed by atoms with E-state index < -0.39 is 17.3 Å². The van der Waals surface area contributed by atoms with Gasteiger partial charge >= 0.3 is 0 Å². The van der Waals surface area contributed by atoms with Crippen LogP contribution >= 0.6 is 15.9 Å². The minimum Gasteiger partial charge on any atom is -0.611 e. The molecule has 1 aromatic heterocycles. The van der Waals surface area contributed by atoms with E-state index in [9.17, 15) is 9.66 Å².